The summed E-state index contributed by atoms with van der Waals surface area (Å²) in [6, 6.07) is 4.94. The van der Waals surface area contributed by atoms with Crippen LogP contribution in [0, 0.1) is 12.8 Å². The highest BCUT2D eigenvalue weighted by Gasteiger charge is 2.10. The molecule has 0 bridgehead atoms. The van der Waals surface area contributed by atoms with Crippen LogP contribution in [-0.4, -0.2) is 26.0 Å². The minimum atomic E-state index is -3.63. The number of nitrogens with one attached hydrogen (secondary N) is 2. The highest BCUT2D eigenvalue weighted by Crippen LogP contribution is 2.17. The fourth-order valence-electron chi connectivity index (χ4n) is 1.51. The smallest absolute Gasteiger partial charge is 0.328 e. The van der Waals surface area contributed by atoms with Crippen molar-refractivity contribution < 1.29 is 18.3 Å². The summed E-state index contributed by atoms with van der Waals surface area (Å²) in [5, 5.41) is 8.64. The number of rotatable bonds is 7. The Labute approximate surface area is 125 Å². The highest BCUT2D eigenvalue weighted by molar-refractivity contribution is 7.90. The third-order valence-electron chi connectivity index (χ3n) is 2.62. The molecule has 0 aliphatic carbocycles. The van der Waals surface area contributed by atoms with Gasteiger partial charge in [0.05, 0.1) is 5.69 Å². The van der Waals surface area contributed by atoms with Crippen molar-refractivity contribution in [3.8, 4) is 0 Å². The lowest BCUT2D eigenvalue weighted by Crippen LogP contribution is -2.32. The van der Waals surface area contributed by atoms with Crippen LogP contribution in [0.3, 0.4) is 0 Å². The van der Waals surface area contributed by atoms with Crippen LogP contribution in [0.15, 0.2) is 24.3 Å². The fraction of sp³-hybridized carbons (Fsp3) is 0.357. The Morgan fingerprint density at radius 2 is 2.05 bits per heavy atom. The lowest BCUT2D eigenvalue weighted by Gasteiger charge is -2.12. The predicted octanol–water partition coefficient (Wildman–Crippen LogP) is 2.00. The molecule has 0 atom stereocenters. The van der Waals surface area contributed by atoms with Crippen molar-refractivity contribution in [2.24, 2.45) is 5.92 Å². The van der Waals surface area contributed by atoms with E-state index in [0.29, 0.717) is 17.8 Å². The summed E-state index contributed by atoms with van der Waals surface area (Å²) in [6.45, 7) is 5.97. The first kappa shape index (κ1) is 17.2. The lowest BCUT2D eigenvalue weighted by molar-refractivity contribution is -0.131. The van der Waals surface area contributed by atoms with Gasteiger partial charge in [0.1, 0.15) is 0 Å². The molecule has 0 aliphatic heterocycles. The molecule has 0 fully saturated rings. The molecule has 0 heterocycles. The molecule has 1 rings (SSSR count). The summed E-state index contributed by atoms with van der Waals surface area (Å²) in [5.41, 5.74) is 1.87. The molecule has 3 N–H and O–H groups in total. The van der Waals surface area contributed by atoms with Crippen molar-refractivity contribution in [2.45, 2.75) is 20.8 Å². The molecule has 7 heteroatoms. The third-order valence-corrected chi connectivity index (χ3v) is 3.67. The van der Waals surface area contributed by atoms with E-state index in [1.54, 1.807) is 18.2 Å². The van der Waals surface area contributed by atoms with Gasteiger partial charge in [0.2, 0.25) is 0 Å². The van der Waals surface area contributed by atoms with Gasteiger partial charge < -0.3 is 5.11 Å². The van der Waals surface area contributed by atoms with Crippen LogP contribution in [-0.2, 0) is 15.0 Å². The van der Waals surface area contributed by atoms with Crippen LogP contribution >= 0.6 is 0 Å². The van der Waals surface area contributed by atoms with Crippen molar-refractivity contribution in [3.05, 3.63) is 35.4 Å². The quantitative estimate of drug-likeness (QED) is 0.671. The van der Waals surface area contributed by atoms with Gasteiger partial charge in [0, 0.05) is 12.6 Å². The minimum absolute atomic E-state index is 0.202. The van der Waals surface area contributed by atoms with Crippen molar-refractivity contribution >= 4 is 27.9 Å². The average molecular weight is 312 g/mol. The van der Waals surface area contributed by atoms with Gasteiger partial charge in [-0.15, -0.1) is 0 Å². The van der Waals surface area contributed by atoms with Crippen LogP contribution < -0.4 is 9.44 Å². The van der Waals surface area contributed by atoms with Gasteiger partial charge in [-0.2, -0.15) is 13.1 Å². The van der Waals surface area contributed by atoms with E-state index in [4.69, 9.17) is 5.11 Å². The molecule has 0 amide bonds. The minimum Gasteiger partial charge on any atom is -0.478 e. The summed E-state index contributed by atoms with van der Waals surface area (Å²) in [7, 11) is -3.63. The lowest BCUT2D eigenvalue weighted by atomic mass is 10.1. The summed E-state index contributed by atoms with van der Waals surface area (Å²) >= 11 is 0. The van der Waals surface area contributed by atoms with Crippen LogP contribution in [0.1, 0.15) is 25.0 Å². The molecule has 116 valence electrons. The van der Waals surface area contributed by atoms with E-state index in [1.165, 1.54) is 6.08 Å². The molecule has 0 saturated heterocycles. The van der Waals surface area contributed by atoms with E-state index >= 15 is 0 Å². The maximum atomic E-state index is 11.8. The Hall–Kier alpha value is -1.86. The largest absolute Gasteiger partial charge is 0.478 e. The molecular formula is C14H20N2O4S. The summed E-state index contributed by atoms with van der Waals surface area (Å²) in [5.74, 6) is -0.854. The fourth-order valence-corrected chi connectivity index (χ4v) is 2.57. The zero-order valence-corrected chi connectivity index (χ0v) is 13.1. The maximum absolute atomic E-state index is 11.8. The van der Waals surface area contributed by atoms with E-state index in [-0.39, 0.29) is 5.92 Å². The number of hydrogen-bond donors (Lipinski definition) is 3. The third kappa shape index (κ3) is 6.42. The van der Waals surface area contributed by atoms with E-state index < -0.39 is 16.2 Å². The van der Waals surface area contributed by atoms with Gasteiger partial charge in [0.15, 0.2) is 0 Å². The first-order valence-corrected chi connectivity index (χ1v) is 7.97. The zero-order valence-electron chi connectivity index (χ0n) is 12.3. The Kier molecular flexibility index (Phi) is 5.92. The zero-order chi connectivity index (χ0) is 16.0. The number of carboxylic acids is 1. The number of carboxylic acid groups (broad SMARTS) is 1. The molecule has 6 nitrogen and oxygen atoms in total. The number of carbonyl (C=O) groups is 1. The molecule has 0 unspecified atom stereocenters. The molecule has 0 saturated carbocycles. The van der Waals surface area contributed by atoms with Gasteiger partial charge in [-0.25, -0.2) is 4.79 Å². The van der Waals surface area contributed by atoms with E-state index in [0.717, 1.165) is 11.6 Å². The Balaban J connectivity index is 2.90. The molecule has 0 spiro atoms. The summed E-state index contributed by atoms with van der Waals surface area (Å²) in [6.07, 6.45) is 2.44. The number of hydrogen-bond acceptors (Lipinski definition) is 3. The molecule has 21 heavy (non-hydrogen) atoms. The SMILES string of the molecule is Cc1ccc(NS(=O)(=O)NCC(C)C)cc1/C=C/C(=O)O. The first-order chi connectivity index (χ1) is 9.69. The molecule has 0 aliphatic rings. The van der Waals surface area contributed by atoms with Gasteiger partial charge in [0.25, 0.3) is 10.2 Å². The first-order valence-electron chi connectivity index (χ1n) is 6.48. The van der Waals surface area contributed by atoms with Gasteiger partial charge in [-0.05, 0) is 42.2 Å². The number of aliphatic carboxylic acids is 1. The molecule has 0 aromatic heterocycles. The van der Waals surface area contributed by atoms with Crippen molar-refractivity contribution in [1.82, 2.24) is 4.72 Å². The van der Waals surface area contributed by atoms with Gasteiger partial charge >= 0.3 is 5.97 Å². The Morgan fingerprint density at radius 3 is 2.62 bits per heavy atom. The van der Waals surface area contributed by atoms with Crippen molar-refractivity contribution in [1.29, 1.82) is 0 Å². The highest BCUT2D eigenvalue weighted by atomic mass is 32.2. The van der Waals surface area contributed by atoms with Gasteiger partial charge in [-0.3, -0.25) is 4.72 Å². The second-order valence-corrected chi connectivity index (χ2v) is 6.59. The molecule has 1 aromatic carbocycles. The van der Waals surface area contributed by atoms with Gasteiger partial charge in [-0.1, -0.05) is 19.9 Å². The van der Waals surface area contributed by atoms with E-state index in [2.05, 4.69) is 9.44 Å². The molecule has 0 radical (unpaired) electrons. The number of anilines is 1. The molecular weight excluding hydrogens is 292 g/mol. The summed E-state index contributed by atoms with van der Waals surface area (Å²) in [4.78, 5) is 10.5. The predicted molar refractivity (Wildman–Crippen MR) is 83.2 cm³/mol. The van der Waals surface area contributed by atoms with Crippen molar-refractivity contribution in [2.75, 3.05) is 11.3 Å². The second-order valence-electron chi connectivity index (χ2n) is 5.09. The van der Waals surface area contributed by atoms with Crippen LogP contribution in [0.4, 0.5) is 5.69 Å². The Morgan fingerprint density at radius 1 is 1.38 bits per heavy atom. The Bertz CT molecular complexity index is 636. The standard InChI is InChI=1S/C14H20N2O4S/c1-10(2)9-15-21(19,20)16-13-6-4-11(3)12(8-13)5-7-14(17)18/h4-8,10,15-16H,9H2,1-3H3,(H,17,18)/b7-5+. The van der Waals surface area contributed by atoms with Crippen LogP contribution in [0.2, 0.25) is 0 Å². The average Bonchev–Trinajstić information content (AvgIpc) is 2.37. The topological polar surface area (TPSA) is 95.5 Å². The summed E-state index contributed by atoms with van der Waals surface area (Å²) < 4.78 is 28.5. The second kappa shape index (κ2) is 7.24. The van der Waals surface area contributed by atoms with E-state index in [9.17, 15) is 13.2 Å². The monoisotopic (exact) mass is 312 g/mol. The normalized spacial score (nSPS) is 12.0. The van der Waals surface area contributed by atoms with Crippen LogP contribution in [0.5, 0.6) is 0 Å². The van der Waals surface area contributed by atoms with Crippen LogP contribution in [0.25, 0.3) is 6.08 Å². The van der Waals surface area contributed by atoms with E-state index in [1.807, 2.05) is 20.8 Å². The molecule has 1 aromatic rings. The maximum Gasteiger partial charge on any atom is 0.328 e. The van der Waals surface area contributed by atoms with Crippen molar-refractivity contribution in [3.63, 3.8) is 0 Å². The number of aryl methyl sites for hydroxylation is 1. The number of benzene rings is 1.